The van der Waals surface area contributed by atoms with Gasteiger partial charge in [-0.25, -0.2) is 8.42 Å². The molecule has 116 valence electrons. The van der Waals surface area contributed by atoms with Gasteiger partial charge in [-0.15, -0.1) is 6.58 Å². The smallest absolute Gasteiger partial charge is 0.232 e. The van der Waals surface area contributed by atoms with Gasteiger partial charge >= 0.3 is 0 Å². The summed E-state index contributed by atoms with van der Waals surface area (Å²) in [6.45, 7) is 8.69. The van der Waals surface area contributed by atoms with E-state index in [1.54, 1.807) is 6.08 Å². The van der Waals surface area contributed by atoms with E-state index in [0.717, 1.165) is 24.9 Å². The van der Waals surface area contributed by atoms with Crippen molar-refractivity contribution in [2.45, 2.75) is 20.3 Å². The number of allylic oxidation sites excluding steroid dienone is 1. The number of guanidine groups is 1. The molecule has 6 heteroatoms. The second-order valence-electron chi connectivity index (χ2n) is 4.83. The van der Waals surface area contributed by atoms with Crippen molar-refractivity contribution in [2.24, 2.45) is 4.99 Å². The molecule has 0 amide bonds. The number of rotatable bonds is 2. The molecule has 1 aliphatic rings. The second kappa shape index (κ2) is 7.83. The number of sulfonamides is 1. The van der Waals surface area contributed by atoms with Crippen LogP contribution in [0.4, 0.5) is 5.69 Å². The van der Waals surface area contributed by atoms with Crippen molar-refractivity contribution in [1.29, 1.82) is 0 Å². The van der Waals surface area contributed by atoms with Gasteiger partial charge in [0.1, 0.15) is 0 Å². The molecule has 0 fully saturated rings. The topological polar surface area (TPSA) is 61.8 Å². The fourth-order valence-electron chi connectivity index (χ4n) is 1.83. The zero-order chi connectivity index (χ0) is 15.9. The lowest BCUT2D eigenvalue weighted by molar-refractivity contribution is 0.597. The predicted molar refractivity (Wildman–Crippen MR) is 89.3 cm³/mol. The van der Waals surface area contributed by atoms with Crippen molar-refractivity contribution in [3.63, 3.8) is 0 Å². The van der Waals surface area contributed by atoms with E-state index in [4.69, 9.17) is 0 Å². The zero-order valence-electron chi connectivity index (χ0n) is 12.8. The number of anilines is 1. The Kier molecular flexibility index (Phi) is 6.42. The lowest BCUT2D eigenvalue weighted by Gasteiger charge is -2.29. The van der Waals surface area contributed by atoms with Crippen LogP contribution in [0.3, 0.4) is 0 Å². The Hall–Kier alpha value is -1.82. The van der Waals surface area contributed by atoms with E-state index < -0.39 is 10.0 Å². The molecule has 0 saturated carbocycles. The van der Waals surface area contributed by atoms with Crippen LogP contribution in [0.2, 0.25) is 0 Å². The molecule has 1 N–H and O–H groups in total. The zero-order valence-corrected chi connectivity index (χ0v) is 13.7. The summed E-state index contributed by atoms with van der Waals surface area (Å²) < 4.78 is 25.1. The van der Waals surface area contributed by atoms with Crippen molar-refractivity contribution in [2.75, 3.05) is 24.2 Å². The Morgan fingerprint density at radius 3 is 2.43 bits per heavy atom. The average molecular weight is 309 g/mol. The number of aryl methyl sites for hydroxylation is 1. The maximum absolute atomic E-state index is 11.3. The third kappa shape index (κ3) is 5.99. The molecule has 0 unspecified atom stereocenters. The Morgan fingerprint density at radius 1 is 1.33 bits per heavy atom. The highest BCUT2D eigenvalue weighted by molar-refractivity contribution is 7.89. The van der Waals surface area contributed by atoms with Gasteiger partial charge < -0.3 is 4.90 Å². The largest absolute Gasteiger partial charge is 0.312 e. The number of nitrogens with zero attached hydrogens (tertiary/aromatic N) is 2. The van der Waals surface area contributed by atoms with Crippen molar-refractivity contribution in [1.82, 2.24) is 4.72 Å². The first-order valence-corrected chi connectivity index (χ1v) is 8.70. The maximum atomic E-state index is 11.3. The number of benzene rings is 1. The van der Waals surface area contributed by atoms with Crippen LogP contribution in [0.5, 0.6) is 0 Å². The molecule has 21 heavy (non-hydrogen) atoms. The third-order valence-corrected chi connectivity index (χ3v) is 3.23. The first-order valence-electron chi connectivity index (χ1n) is 6.81. The maximum Gasteiger partial charge on any atom is 0.232 e. The third-order valence-electron chi connectivity index (χ3n) is 2.68. The minimum Gasteiger partial charge on any atom is -0.312 e. The van der Waals surface area contributed by atoms with Gasteiger partial charge in [0.2, 0.25) is 16.0 Å². The van der Waals surface area contributed by atoms with Crippen LogP contribution in [0.1, 0.15) is 18.9 Å². The molecule has 1 heterocycles. The van der Waals surface area contributed by atoms with Crippen LogP contribution in [0, 0.1) is 6.92 Å². The molecule has 0 atom stereocenters. The van der Waals surface area contributed by atoms with E-state index in [-0.39, 0.29) is 0 Å². The molecule has 1 aromatic carbocycles. The first kappa shape index (κ1) is 17.2. The normalized spacial score (nSPS) is 14.6. The molecule has 0 bridgehead atoms. The van der Waals surface area contributed by atoms with Crippen LogP contribution < -0.4 is 9.62 Å². The summed E-state index contributed by atoms with van der Waals surface area (Å²) in [6, 6.07) is 7.95. The van der Waals surface area contributed by atoms with Crippen LogP contribution >= 0.6 is 0 Å². The monoisotopic (exact) mass is 309 g/mol. The number of hydrogen-bond acceptors (Lipinski definition) is 4. The minimum absolute atomic E-state index is 0.410. The summed E-state index contributed by atoms with van der Waals surface area (Å²) in [4.78, 5) is 6.14. The molecule has 1 aliphatic heterocycles. The molecule has 5 nitrogen and oxygen atoms in total. The van der Waals surface area contributed by atoms with Gasteiger partial charge in [-0.1, -0.05) is 23.8 Å². The standard InChI is InChI=1S/C12H17N3O2S.C3H6/c1-10-4-6-11(7-5-10)15-9-3-8-13-12(15)14-18(2,16)17;1-3-2/h4-7H,3,8-9H2,1-2H3,(H,13,14);3H,1H2,2H3. The van der Waals surface area contributed by atoms with Crippen LogP contribution in [0.25, 0.3) is 0 Å². The Morgan fingerprint density at radius 2 is 1.90 bits per heavy atom. The minimum atomic E-state index is -3.30. The van der Waals surface area contributed by atoms with E-state index in [1.165, 1.54) is 5.56 Å². The number of aliphatic imine (C=N–C) groups is 1. The summed E-state index contributed by atoms with van der Waals surface area (Å²) in [5, 5.41) is 0. The van der Waals surface area contributed by atoms with Gasteiger partial charge in [0.25, 0.3) is 0 Å². The van der Waals surface area contributed by atoms with Gasteiger partial charge in [0.15, 0.2) is 0 Å². The Labute approximate surface area is 127 Å². The fraction of sp³-hybridized carbons (Fsp3) is 0.400. The molecule has 0 aliphatic carbocycles. The highest BCUT2D eigenvalue weighted by Gasteiger charge is 2.19. The molecule has 1 aromatic rings. The molecule has 0 radical (unpaired) electrons. The SMILES string of the molecule is C=CC.Cc1ccc(N2CCCN=C2NS(C)(=O)=O)cc1. The molecule has 0 saturated heterocycles. The van der Waals surface area contributed by atoms with Crippen molar-refractivity contribution in [3.8, 4) is 0 Å². The summed E-state index contributed by atoms with van der Waals surface area (Å²) >= 11 is 0. The van der Waals surface area contributed by atoms with Crippen molar-refractivity contribution in [3.05, 3.63) is 42.5 Å². The lowest BCUT2D eigenvalue weighted by Crippen LogP contribution is -2.46. The number of nitrogens with one attached hydrogen (secondary N) is 1. The van der Waals surface area contributed by atoms with E-state index in [0.29, 0.717) is 12.5 Å². The van der Waals surface area contributed by atoms with Gasteiger partial charge in [-0.3, -0.25) is 9.71 Å². The quantitative estimate of drug-likeness (QED) is 0.853. The van der Waals surface area contributed by atoms with Gasteiger partial charge in [-0.2, -0.15) is 0 Å². The molecule has 0 aromatic heterocycles. The summed E-state index contributed by atoms with van der Waals surface area (Å²) in [5.41, 5.74) is 2.13. The molecule has 2 rings (SSSR count). The first-order chi connectivity index (χ1) is 9.87. The predicted octanol–water partition coefficient (Wildman–Crippen LogP) is 2.30. The average Bonchev–Trinajstić information content (AvgIpc) is 2.40. The molecular formula is C15H23N3O2S. The van der Waals surface area contributed by atoms with Gasteiger partial charge in [0, 0.05) is 18.8 Å². The van der Waals surface area contributed by atoms with Gasteiger partial charge in [0.05, 0.1) is 6.26 Å². The van der Waals surface area contributed by atoms with E-state index in [2.05, 4.69) is 16.3 Å². The van der Waals surface area contributed by atoms with E-state index >= 15 is 0 Å². The molecule has 0 spiro atoms. The lowest BCUT2D eigenvalue weighted by atomic mass is 10.2. The highest BCUT2D eigenvalue weighted by Crippen LogP contribution is 2.17. The second-order valence-corrected chi connectivity index (χ2v) is 6.58. The van der Waals surface area contributed by atoms with Crippen molar-refractivity contribution < 1.29 is 8.42 Å². The fourth-order valence-corrected chi connectivity index (χ4v) is 2.34. The van der Waals surface area contributed by atoms with Crippen LogP contribution in [-0.2, 0) is 10.0 Å². The van der Waals surface area contributed by atoms with Crippen LogP contribution in [-0.4, -0.2) is 33.7 Å². The summed E-state index contributed by atoms with van der Waals surface area (Å²) in [5.74, 6) is 0.410. The summed E-state index contributed by atoms with van der Waals surface area (Å²) in [6.07, 6.45) is 3.81. The van der Waals surface area contributed by atoms with Crippen LogP contribution in [0.15, 0.2) is 41.9 Å². The Balaban J connectivity index is 0.000000677. The Bertz CT molecular complexity index is 592. The van der Waals surface area contributed by atoms with E-state index in [1.807, 2.05) is 43.0 Å². The highest BCUT2D eigenvalue weighted by atomic mass is 32.2. The summed E-state index contributed by atoms with van der Waals surface area (Å²) in [7, 11) is -3.30. The van der Waals surface area contributed by atoms with E-state index in [9.17, 15) is 8.42 Å². The number of hydrogen-bond donors (Lipinski definition) is 1. The molecular weight excluding hydrogens is 286 g/mol. The van der Waals surface area contributed by atoms with Gasteiger partial charge in [-0.05, 0) is 32.4 Å². The van der Waals surface area contributed by atoms with Crippen molar-refractivity contribution >= 4 is 21.7 Å².